The molecule has 0 amide bonds. The SMILES string of the molecule is CC(=O)O[C@@H]1CC[C@]2(C)C(=CC(C)C3C2CC[C@]2(C)[C@@H](C(C)/C=C/C(C)C(C)C)CC[C@@H]32)C1. The molecule has 0 aromatic heterocycles. The minimum Gasteiger partial charge on any atom is -0.462 e. The van der Waals surface area contributed by atoms with Gasteiger partial charge in [-0.15, -0.1) is 0 Å². The number of hydrogen-bond donors (Lipinski definition) is 0. The van der Waals surface area contributed by atoms with Crippen LogP contribution in [-0.4, -0.2) is 12.1 Å². The highest BCUT2D eigenvalue weighted by atomic mass is 16.5. The fourth-order valence-electron chi connectivity index (χ4n) is 8.93. The summed E-state index contributed by atoms with van der Waals surface area (Å²) in [7, 11) is 0. The van der Waals surface area contributed by atoms with Gasteiger partial charge >= 0.3 is 5.97 Å². The van der Waals surface area contributed by atoms with Crippen LogP contribution in [0.2, 0.25) is 0 Å². The van der Waals surface area contributed by atoms with Gasteiger partial charge in [0.2, 0.25) is 0 Å². The van der Waals surface area contributed by atoms with Crippen molar-refractivity contribution in [1.82, 2.24) is 0 Å². The number of rotatable bonds is 5. The fourth-order valence-corrected chi connectivity index (χ4v) is 8.93. The van der Waals surface area contributed by atoms with Gasteiger partial charge in [-0.3, -0.25) is 4.79 Å². The van der Waals surface area contributed by atoms with Gasteiger partial charge in [-0.25, -0.2) is 0 Å². The summed E-state index contributed by atoms with van der Waals surface area (Å²) in [6.45, 7) is 18.8. The maximum absolute atomic E-state index is 11.6. The molecule has 0 N–H and O–H groups in total. The van der Waals surface area contributed by atoms with Gasteiger partial charge in [-0.2, -0.15) is 0 Å². The van der Waals surface area contributed by atoms with Crippen LogP contribution in [0.15, 0.2) is 23.8 Å². The van der Waals surface area contributed by atoms with Crippen LogP contribution in [0.5, 0.6) is 0 Å². The minimum atomic E-state index is -0.123. The van der Waals surface area contributed by atoms with Crippen molar-refractivity contribution in [2.75, 3.05) is 0 Å². The van der Waals surface area contributed by atoms with E-state index in [1.54, 1.807) is 12.5 Å². The molecule has 0 aliphatic heterocycles. The summed E-state index contributed by atoms with van der Waals surface area (Å²) in [6.07, 6.45) is 16.6. The van der Waals surface area contributed by atoms with Crippen LogP contribution in [0.3, 0.4) is 0 Å². The van der Waals surface area contributed by atoms with Crippen LogP contribution in [0.4, 0.5) is 0 Å². The summed E-state index contributed by atoms with van der Waals surface area (Å²) in [4.78, 5) is 11.6. The van der Waals surface area contributed by atoms with Crippen molar-refractivity contribution < 1.29 is 9.53 Å². The molecule has 4 aliphatic rings. The Morgan fingerprint density at radius 1 is 1.03 bits per heavy atom. The summed E-state index contributed by atoms with van der Waals surface area (Å²) in [6, 6.07) is 0. The number of carbonyl (C=O) groups is 1. The third-order valence-corrected chi connectivity index (χ3v) is 11.2. The van der Waals surface area contributed by atoms with Gasteiger partial charge in [-0.1, -0.05) is 72.3 Å². The van der Waals surface area contributed by atoms with Crippen LogP contribution >= 0.6 is 0 Å². The number of fused-ring (bicyclic) bond motifs is 5. The van der Waals surface area contributed by atoms with E-state index in [0.717, 1.165) is 42.4 Å². The first-order valence-corrected chi connectivity index (χ1v) is 14.0. The Morgan fingerprint density at radius 2 is 1.76 bits per heavy atom. The van der Waals surface area contributed by atoms with E-state index in [0.29, 0.717) is 28.6 Å². The first kappa shape index (κ1) is 25.1. The Balaban J connectivity index is 1.55. The molecular formula is C31H50O2. The second-order valence-electron chi connectivity index (χ2n) is 13.3. The van der Waals surface area contributed by atoms with Crippen molar-refractivity contribution in [3.05, 3.63) is 23.8 Å². The van der Waals surface area contributed by atoms with Gasteiger partial charge in [0.15, 0.2) is 0 Å². The van der Waals surface area contributed by atoms with Gasteiger partial charge in [0.25, 0.3) is 0 Å². The molecule has 3 fully saturated rings. The summed E-state index contributed by atoms with van der Waals surface area (Å²) in [5.41, 5.74) is 2.40. The molecule has 0 radical (unpaired) electrons. The molecule has 4 rings (SSSR count). The summed E-state index contributed by atoms with van der Waals surface area (Å²) < 4.78 is 5.65. The minimum absolute atomic E-state index is 0.0937. The molecule has 2 heteroatoms. The lowest BCUT2D eigenvalue weighted by Gasteiger charge is -2.60. The summed E-state index contributed by atoms with van der Waals surface area (Å²) >= 11 is 0. The van der Waals surface area contributed by atoms with Crippen molar-refractivity contribution in [3.8, 4) is 0 Å². The molecule has 0 aromatic rings. The van der Waals surface area contributed by atoms with Crippen molar-refractivity contribution in [2.24, 2.45) is 58.2 Å². The predicted molar refractivity (Wildman–Crippen MR) is 138 cm³/mol. The van der Waals surface area contributed by atoms with Crippen LogP contribution in [0.1, 0.15) is 100 Å². The predicted octanol–water partition coefficient (Wildman–Crippen LogP) is 8.23. The monoisotopic (exact) mass is 454 g/mol. The van der Waals surface area contributed by atoms with Crippen molar-refractivity contribution in [2.45, 2.75) is 106 Å². The molecule has 10 atom stereocenters. The summed E-state index contributed by atoms with van der Waals surface area (Å²) in [5, 5.41) is 0. The van der Waals surface area contributed by atoms with E-state index in [-0.39, 0.29) is 12.1 Å². The smallest absolute Gasteiger partial charge is 0.302 e. The first-order chi connectivity index (χ1) is 15.5. The van der Waals surface area contributed by atoms with Gasteiger partial charge in [0, 0.05) is 13.3 Å². The standard InChI is InChI=1S/C31H50O2/c1-19(2)20(3)9-10-21(4)26-11-12-27-29-22(5)17-24-18-25(33-23(6)32)13-15-30(24,7)28(29)14-16-31(26,27)8/h9-10,17,19-22,25-29H,11-16,18H2,1-8H3/b10-9+/t20?,21?,22?,25-,26-,27+,28?,29?,30-,31-/m1/s1. The van der Waals surface area contributed by atoms with Gasteiger partial charge in [0.1, 0.15) is 6.10 Å². The van der Waals surface area contributed by atoms with E-state index in [4.69, 9.17) is 4.74 Å². The number of carbonyl (C=O) groups excluding carboxylic acids is 1. The van der Waals surface area contributed by atoms with Gasteiger partial charge in [0.05, 0.1) is 0 Å². The van der Waals surface area contributed by atoms with E-state index < -0.39 is 0 Å². The highest BCUT2D eigenvalue weighted by Gasteiger charge is 2.60. The van der Waals surface area contributed by atoms with Gasteiger partial charge in [-0.05, 0) is 96.7 Å². The fraction of sp³-hybridized carbons (Fsp3) is 0.839. The van der Waals surface area contributed by atoms with Crippen LogP contribution < -0.4 is 0 Å². The Hall–Kier alpha value is -1.05. The molecule has 0 heterocycles. The zero-order chi connectivity index (χ0) is 24.1. The molecule has 2 nitrogen and oxygen atoms in total. The molecule has 186 valence electrons. The third kappa shape index (κ3) is 4.38. The highest BCUT2D eigenvalue weighted by Crippen LogP contribution is 2.68. The van der Waals surface area contributed by atoms with E-state index in [1.165, 1.54) is 32.1 Å². The molecule has 3 saturated carbocycles. The average molecular weight is 455 g/mol. The van der Waals surface area contributed by atoms with E-state index >= 15 is 0 Å². The quantitative estimate of drug-likeness (QED) is 0.309. The molecule has 0 spiro atoms. The van der Waals surface area contributed by atoms with Gasteiger partial charge < -0.3 is 4.74 Å². The Bertz CT molecular complexity index is 793. The molecule has 0 aromatic carbocycles. The number of esters is 1. The average Bonchev–Trinajstić information content (AvgIpc) is 3.09. The van der Waals surface area contributed by atoms with Crippen LogP contribution in [0.25, 0.3) is 0 Å². The maximum atomic E-state index is 11.6. The van der Waals surface area contributed by atoms with Crippen LogP contribution in [-0.2, 0) is 9.53 Å². The molecule has 0 bridgehead atoms. The van der Waals surface area contributed by atoms with Crippen molar-refractivity contribution in [1.29, 1.82) is 0 Å². The van der Waals surface area contributed by atoms with E-state index in [9.17, 15) is 4.79 Å². The third-order valence-electron chi connectivity index (χ3n) is 11.2. The second kappa shape index (κ2) is 9.19. The zero-order valence-corrected chi connectivity index (χ0v) is 22.7. The van der Waals surface area contributed by atoms with E-state index in [1.807, 2.05) is 0 Å². The molecule has 33 heavy (non-hydrogen) atoms. The number of allylic oxidation sites excluding steroid dienone is 3. The summed E-state index contributed by atoms with van der Waals surface area (Å²) in [5.74, 6) is 5.88. The normalized spacial score (nSPS) is 44.6. The Morgan fingerprint density at radius 3 is 2.42 bits per heavy atom. The molecular weight excluding hydrogens is 404 g/mol. The molecule has 5 unspecified atom stereocenters. The highest BCUT2D eigenvalue weighted by molar-refractivity contribution is 5.66. The largest absolute Gasteiger partial charge is 0.462 e. The Kier molecular flexibility index (Phi) is 6.98. The number of hydrogen-bond acceptors (Lipinski definition) is 2. The maximum Gasteiger partial charge on any atom is 0.302 e. The number of ether oxygens (including phenoxy) is 1. The second-order valence-corrected chi connectivity index (χ2v) is 13.3. The lowest BCUT2D eigenvalue weighted by Crippen LogP contribution is -2.53. The lowest BCUT2D eigenvalue weighted by atomic mass is 9.45. The lowest BCUT2D eigenvalue weighted by molar-refractivity contribution is -0.149. The topological polar surface area (TPSA) is 26.3 Å². The first-order valence-electron chi connectivity index (χ1n) is 14.0. The Labute approximate surface area is 204 Å². The zero-order valence-electron chi connectivity index (χ0n) is 22.7. The van der Waals surface area contributed by atoms with E-state index in [2.05, 4.69) is 66.7 Å². The molecule has 4 aliphatic carbocycles. The van der Waals surface area contributed by atoms with Crippen LogP contribution in [0, 0.1) is 58.2 Å². The van der Waals surface area contributed by atoms with Crippen molar-refractivity contribution >= 4 is 5.97 Å². The van der Waals surface area contributed by atoms with Crippen molar-refractivity contribution in [3.63, 3.8) is 0 Å². The molecule has 0 saturated heterocycles.